The van der Waals surface area contributed by atoms with E-state index in [2.05, 4.69) is 37.4 Å². The highest BCUT2D eigenvalue weighted by Gasteiger charge is 2.36. The number of hydrogen-bond acceptors (Lipinski definition) is 2. The lowest BCUT2D eigenvalue weighted by Gasteiger charge is -2.33. The topological polar surface area (TPSA) is 26.3 Å². The molecule has 0 aliphatic heterocycles. The monoisotopic (exact) mass is 346 g/mol. The second kappa shape index (κ2) is 7.80. The second-order valence-electron chi connectivity index (χ2n) is 6.20. The largest absolute Gasteiger partial charge is 0.466 e. The van der Waals surface area contributed by atoms with Gasteiger partial charge in [0.2, 0.25) is 0 Å². The first-order valence-electron chi connectivity index (χ1n) is 7.91. The molecule has 2 rings (SSSR count). The number of benzene rings is 2. The molecule has 0 heterocycles. The molecule has 0 saturated heterocycles. The van der Waals surface area contributed by atoms with E-state index in [4.69, 9.17) is 16.3 Å². The van der Waals surface area contributed by atoms with Crippen molar-refractivity contribution in [2.24, 2.45) is 0 Å². The number of rotatable bonds is 6. The average molecular weight is 347 g/mol. The lowest BCUT2D eigenvalue weighted by molar-refractivity contribution is -0.143. The standard InChI is InChI=1S/C19H23ClO2Si/c1-4-22-19(21)14-18(15-10-12-16(20)13-11-15)23(2,3)17-8-6-5-7-9-17/h5-13,18H,4,14H2,1-3H3/t18-/m0/s1. The molecule has 0 spiro atoms. The normalized spacial score (nSPS) is 12.7. The molecule has 0 N–H and O–H groups in total. The van der Waals surface area contributed by atoms with Crippen molar-refractivity contribution in [3.05, 3.63) is 65.2 Å². The molecule has 4 heteroatoms. The predicted molar refractivity (Wildman–Crippen MR) is 99.0 cm³/mol. The van der Waals surface area contributed by atoms with Crippen molar-refractivity contribution >= 4 is 30.8 Å². The van der Waals surface area contributed by atoms with Gasteiger partial charge in [0.1, 0.15) is 0 Å². The maximum Gasteiger partial charge on any atom is 0.306 e. The van der Waals surface area contributed by atoms with Crippen molar-refractivity contribution in [1.29, 1.82) is 0 Å². The summed E-state index contributed by atoms with van der Waals surface area (Å²) in [7, 11) is -1.90. The van der Waals surface area contributed by atoms with E-state index in [-0.39, 0.29) is 11.5 Å². The Morgan fingerprint density at radius 2 is 1.70 bits per heavy atom. The fourth-order valence-electron chi connectivity index (χ4n) is 2.94. The van der Waals surface area contributed by atoms with Gasteiger partial charge in [0.25, 0.3) is 0 Å². The van der Waals surface area contributed by atoms with E-state index in [0.29, 0.717) is 18.1 Å². The highest BCUT2D eigenvalue weighted by Crippen LogP contribution is 2.31. The minimum absolute atomic E-state index is 0.135. The van der Waals surface area contributed by atoms with Crippen molar-refractivity contribution < 1.29 is 9.53 Å². The van der Waals surface area contributed by atoms with Gasteiger partial charge >= 0.3 is 5.97 Å². The Morgan fingerprint density at radius 3 is 2.26 bits per heavy atom. The number of ether oxygens (including phenoxy) is 1. The number of carbonyl (C=O) groups excluding carboxylic acids is 1. The van der Waals surface area contributed by atoms with Crippen LogP contribution in [0.15, 0.2) is 54.6 Å². The number of hydrogen-bond donors (Lipinski definition) is 0. The van der Waals surface area contributed by atoms with Crippen LogP contribution in [0.4, 0.5) is 0 Å². The van der Waals surface area contributed by atoms with Gasteiger partial charge in [0.05, 0.1) is 21.1 Å². The smallest absolute Gasteiger partial charge is 0.306 e. The highest BCUT2D eigenvalue weighted by molar-refractivity contribution is 6.91. The van der Waals surface area contributed by atoms with Crippen LogP contribution < -0.4 is 5.19 Å². The van der Waals surface area contributed by atoms with E-state index in [9.17, 15) is 4.79 Å². The molecule has 0 aliphatic rings. The van der Waals surface area contributed by atoms with Crippen LogP contribution in [0.5, 0.6) is 0 Å². The molecule has 1 atom stereocenters. The Morgan fingerprint density at radius 1 is 1.09 bits per heavy atom. The molecule has 2 aromatic carbocycles. The molecule has 122 valence electrons. The Kier molecular flexibility index (Phi) is 6.02. The van der Waals surface area contributed by atoms with Crippen molar-refractivity contribution in [2.45, 2.75) is 32.0 Å². The van der Waals surface area contributed by atoms with E-state index in [1.165, 1.54) is 5.19 Å². The minimum Gasteiger partial charge on any atom is -0.466 e. The summed E-state index contributed by atoms with van der Waals surface area (Å²) in [4.78, 5) is 12.1. The Balaban J connectivity index is 2.39. The maximum atomic E-state index is 12.1. The van der Waals surface area contributed by atoms with E-state index >= 15 is 0 Å². The van der Waals surface area contributed by atoms with Gasteiger partial charge in [-0.2, -0.15) is 0 Å². The van der Waals surface area contributed by atoms with Crippen LogP contribution in [0.25, 0.3) is 0 Å². The predicted octanol–water partition coefficient (Wildman–Crippen LogP) is 4.53. The van der Waals surface area contributed by atoms with Crippen molar-refractivity contribution in [3.63, 3.8) is 0 Å². The van der Waals surface area contributed by atoms with Crippen LogP contribution in [-0.2, 0) is 9.53 Å². The van der Waals surface area contributed by atoms with Gasteiger partial charge in [0.15, 0.2) is 0 Å². The van der Waals surface area contributed by atoms with Gasteiger partial charge in [-0.3, -0.25) is 4.79 Å². The van der Waals surface area contributed by atoms with Crippen LogP contribution in [0, 0.1) is 0 Å². The third-order valence-corrected chi connectivity index (χ3v) is 8.69. The molecular weight excluding hydrogens is 324 g/mol. The first kappa shape index (κ1) is 17.8. The molecule has 0 radical (unpaired) electrons. The zero-order valence-electron chi connectivity index (χ0n) is 13.9. The zero-order chi connectivity index (χ0) is 16.9. The maximum absolute atomic E-state index is 12.1. The fourth-order valence-corrected chi connectivity index (χ4v) is 6.22. The number of halogens is 1. The van der Waals surface area contributed by atoms with Gasteiger partial charge in [-0.15, -0.1) is 0 Å². The van der Waals surface area contributed by atoms with E-state index < -0.39 is 8.07 Å². The molecule has 0 amide bonds. The van der Waals surface area contributed by atoms with Gasteiger partial charge in [-0.05, 0) is 30.2 Å². The molecule has 0 fully saturated rings. The fraction of sp³-hybridized carbons (Fsp3) is 0.316. The third kappa shape index (κ3) is 4.46. The van der Waals surface area contributed by atoms with Crippen LogP contribution in [0.3, 0.4) is 0 Å². The second-order valence-corrected chi connectivity index (χ2v) is 11.4. The molecule has 0 aliphatic carbocycles. The Bertz CT molecular complexity index is 638. The molecule has 23 heavy (non-hydrogen) atoms. The Hall–Kier alpha value is -1.58. The molecule has 2 aromatic rings. The molecule has 0 bridgehead atoms. The third-order valence-electron chi connectivity index (χ3n) is 4.34. The summed E-state index contributed by atoms with van der Waals surface area (Å²) in [5.41, 5.74) is 1.31. The van der Waals surface area contributed by atoms with E-state index in [1.54, 1.807) is 0 Å². The van der Waals surface area contributed by atoms with Gasteiger partial charge in [-0.1, -0.05) is 72.3 Å². The van der Waals surface area contributed by atoms with E-state index in [0.717, 1.165) is 5.56 Å². The SMILES string of the molecule is CCOC(=O)C[C@@H](c1ccc(Cl)cc1)[Si](C)(C)c1ccccc1. The van der Waals surface area contributed by atoms with Gasteiger partial charge in [-0.25, -0.2) is 0 Å². The summed E-state index contributed by atoms with van der Waals surface area (Å²) in [6.45, 7) is 6.87. The molecular formula is C19H23ClO2Si. The number of carbonyl (C=O) groups is 1. The highest BCUT2D eigenvalue weighted by atomic mass is 35.5. The first-order valence-corrected chi connectivity index (χ1v) is 11.4. The average Bonchev–Trinajstić information content (AvgIpc) is 2.55. The molecule has 0 unspecified atom stereocenters. The van der Waals surface area contributed by atoms with Gasteiger partial charge < -0.3 is 4.74 Å². The molecule has 2 nitrogen and oxygen atoms in total. The van der Waals surface area contributed by atoms with Crippen LogP contribution in [0.1, 0.15) is 24.4 Å². The summed E-state index contributed by atoms with van der Waals surface area (Å²) in [6, 6.07) is 18.3. The quantitative estimate of drug-likeness (QED) is 0.567. The minimum atomic E-state index is -1.90. The Labute approximate surface area is 144 Å². The van der Waals surface area contributed by atoms with E-state index in [1.807, 2.05) is 37.3 Å². The summed E-state index contributed by atoms with van der Waals surface area (Å²) >= 11 is 6.02. The van der Waals surface area contributed by atoms with Gasteiger partial charge in [0, 0.05) is 5.02 Å². The van der Waals surface area contributed by atoms with Crippen molar-refractivity contribution in [1.82, 2.24) is 0 Å². The zero-order valence-corrected chi connectivity index (χ0v) is 15.6. The van der Waals surface area contributed by atoms with Crippen LogP contribution >= 0.6 is 11.6 Å². The summed E-state index contributed by atoms with van der Waals surface area (Å²) < 4.78 is 5.21. The number of esters is 1. The summed E-state index contributed by atoms with van der Waals surface area (Å²) in [5.74, 6) is -0.135. The molecule has 0 saturated carbocycles. The summed E-state index contributed by atoms with van der Waals surface area (Å²) in [5, 5.41) is 2.05. The summed E-state index contributed by atoms with van der Waals surface area (Å²) in [6.07, 6.45) is 0.406. The first-order chi connectivity index (χ1) is 10.9. The van der Waals surface area contributed by atoms with Crippen molar-refractivity contribution in [2.75, 3.05) is 6.61 Å². The molecule has 0 aromatic heterocycles. The lowest BCUT2D eigenvalue weighted by atomic mass is 10.1. The lowest BCUT2D eigenvalue weighted by Crippen LogP contribution is -2.48. The van der Waals surface area contributed by atoms with Crippen molar-refractivity contribution in [3.8, 4) is 0 Å². The van der Waals surface area contributed by atoms with Crippen LogP contribution in [0.2, 0.25) is 18.1 Å². The van der Waals surface area contributed by atoms with Crippen LogP contribution in [-0.4, -0.2) is 20.7 Å².